The van der Waals surface area contributed by atoms with Gasteiger partial charge in [-0.3, -0.25) is 19.2 Å². The molecule has 1 unspecified atom stereocenters. The Bertz CT molecular complexity index is 833. The van der Waals surface area contributed by atoms with E-state index in [4.69, 9.17) is 10.5 Å². The fourth-order valence-corrected chi connectivity index (χ4v) is 4.30. The largest absolute Gasteiger partial charge is 0.465 e. The van der Waals surface area contributed by atoms with Gasteiger partial charge in [-0.2, -0.15) is 0 Å². The smallest absolute Gasteiger partial charge is 0.325 e. The number of nitrogens with zero attached hydrogens (tertiary/aromatic N) is 2. The van der Waals surface area contributed by atoms with Crippen molar-refractivity contribution < 1.29 is 23.9 Å². The van der Waals surface area contributed by atoms with Gasteiger partial charge in [0, 0.05) is 43.3 Å². The van der Waals surface area contributed by atoms with Crippen LogP contribution in [0.2, 0.25) is 0 Å². The summed E-state index contributed by atoms with van der Waals surface area (Å²) < 4.78 is 4.81. The van der Waals surface area contributed by atoms with E-state index in [1.165, 1.54) is 0 Å². The van der Waals surface area contributed by atoms with Crippen molar-refractivity contribution in [3.05, 3.63) is 29.8 Å². The van der Waals surface area contributed by atoms with Gasteiger partial charge >= 0.3 is 5.97 Å². The number of nitrogens with one attached hydrogen (secondary N) is 1. The average Bonchev–Trinajstić information content (AvgIpc) is 2.82. The van der Waals surface area contributed by atoms with Crippen molar-refractivity contribution in [2.75, 3.05) is 44.2 Å². The highest BCUT2D eigenvalue weighted by Gasteiger charge is 2.28. The first-order valence-electron chi connectivity index (χ1n) is 11.3. The number of primary amides is 1. The summed E-state index contributed by atoms with van der Waals surface area (Å²) >= 11 is 0. The first-order valence-corrected chi connectivity index (χ1v) is 11.3. The van der Waals surface area contributed by atoms with Crippen molar-refractivity contribution in [1.82, 2.24) is 10.2 Å². The van der Waals surface area contributed by atoms with Crippen LogP contribution in [0, 0.1) is 11.8 Å². The maximum atomic E-state index is 12.9. The molecule has 0 saturated carbocycles. The molecule has 9 nitrogen and oxygen atoms in total. The molecule has 32 heavy (non-hydrogen) atoms. The van der Waals surface area contributed by atoms with Crippen LogP contribution in [0.3, 0.4) is 0 Å². The molecule has 0 spiro atoms. The van der Waals surface area contributed by atoms with Crippen LogP contribution in [0.4, 0.5) is 5.69 Å². The van der Waals surface area contributed by atoms with E-state index in [1.807, 2.05) is 24.3 Å². The van der Waals surface area contributed by atoms with Crippen LogP contribution in [0.1, 0.15) is 43.0 Å². The van der Waals surface area contributed by atoms with Crippen LogP contribution in [0.15, 0.2) is 24.3 Å². The monoisotopic (exact) mass is 444 g/mol. The minimum atomic E-state index is -0.452. The van der Waals surface area contributed by atoms with Crippen molar-refractivity contribution in [2.45, 2.75) is 32.6 Å². The number of benzene rings is 1. The van der Waals surface area contributed by atoms with Crippen LogP contribution in [0.5, 0.6) is 0 Å². The van der Waals surface area contributed by atoms with E-state index in [-0.39, 0.29) is 42.7 Å². The van der Waals surface area contributed by atoms with Crippen molar-refractivity contribution in [3.8, 4) is 0 Å². The van der Waals surface area contributed by atoms with E-state index < -0.39 is 5.97 Å². The summed E-state index contributed by atoms with van der Waals surface area (Å²) in [7, 11) is 0. The van der Waals surface area contributed by atoms with Gasteiger partial charge in [0.25, 0.3) is 5.91 Å². The van der Waals surface area contributed by atoms with E-state index in [1.54, 1.807) is 11.8 Å². The van der Waals surface area contributed by atoms with Crippen LogP contribution in [-0.2, 0) is 19.1 Å². The van der Waals surface area contributed by atoms with Crippen LogP contribution in [-0.4, -0.2) is 67.9 Å². The van der Waals surface area contributed by atoms with E-state index in [0.717, 1.165) is 25.1 Å². The number of anilines is 1. The normalized spacial score (nSPS) is 19.3. The minimum Gasteiger partial charge on any atom is -0.465 e. The summed E-state index contributed by atoms with van der Waals surface area (Å²) in [5, 5.41) is 2.61. The zero-order chi connectivity index (χ0) is 23.1. The van der Waals surface area contributed by atoms with Gasteiger partial charge in [0.15, 0.2) is 0 Å². The molecule has 2 aliphatic heterocycles. The predicted octanol–water partition coefficient (Wildman–Crippen LogP) is 0.920. The molecule has 2 saturated heterocycles. The van der Waals surface area contributed by atoms with Gasteiger partial charge in [0.1, 0.15) is 6.54 Å². The fraction of sp³-hybridized carbons (Fsp3) is 0.565. The minimum absolute atomic E-state index is 0.0596. The van der Waals surface area contributed by atoms with Gasteiger partial charge in [0.05, 0.1) is 12.5 Å². The average molecular weight is 445 g/mol. The van der Waals surface area contributed by atoms with Gasteiger partial charge in [-0.15, -0.1) is 0 Å². The second-order valence-corrected chi connectivity index (χ2v) is 8.32. The maximum absolute atomic E-state index is 12.9. The molecule has 0 aliphatic carbocycles. The third-order valence-corrected chi connectivity index (χ3v) is 6.17. The van der Waals surface area contributed by atoms with E-state index in [9.17, 15) is 19.2 Å². The second kappa shape index (κ2) is 11.0. The van der Waals surface area contributed by atoms with Gasteiger partial charge in [-0.25, -0.2) is 0 Å². The summed E-state index contributed by atoms with van der Waals surface area (Å²) in [6.45, 7) is 4.32. The summed E-state index contributed by atoms with van der Waals surface area (Å²) in [4.78, 5) is 51.9. The van der Waals surface area contributed by atoms with Gasteiger partial charge < -0.3 is 25.6 Å². The highest BCUT2D eigenvalue weighted by Crippen LogP contribution is 2.25. The van der Waals surface area contributed by atoms with Gasteiger partial charge in [0.2, 0.25) is 11.8 Å². The standard InChI is InChI=1S/C23H32N4O5/c1-2-32-20(28)14-25-22(30)16-9-12-26(13-10-16)23(31)17-5-7-19(8-6-17)27-11-3-4-18(15-27)21(24)29/h5-8,16,18H,2-4,9-15H2,1H3,(H2,24,29)(H,25,30). The zero-order valence-electron chi connectivity index (χ0n) is 18.5. The predicted molar refractivity (Wildman–Crippen MR) is 119 cm³/mol. The molecule has 3 rings (SSSR count). The molecule has 0 aromatic heterocycles. The van der Waals surface area contributed by atoms with Crippen molar-refractivity contribution >= 4 is 29.4 Å². The molecular formula is C23H32N4O5. The van der Waals surface area contributed by atoms with E-state index >= 15 is 0 Å². The zero-order valence-corrected chi connectivity index (χ0v) is 18.5. The number of likely N-dealkylation sites (tertiary alicyclic amines) is 1. The molecule has 3 N–H and O–H groups in total. The third-order valence-electron chi connectivity index (χ3n) is 6.17. The quantitative estimate of drug-likeness (QED) is 0.603. The van der Waals surface area contributed by atoms with Gasteiger partial charge in [-0.05, 0) is 56.9 Å². The number of piperidine rings is 2. The highest BCUT2D eigenvalue weighted by atomic mass is 16.5. The number of ether oxygens (including phenoxy) is 1. The van der Waals surface area contributed by atoms with Gasteiger partial charge in [-0.1, -0.05) is 0 Å². The summed E-state index contributed by atoms with van der Waals surface area (Å²) in [5.41, 5.74) is 7.04. The lowest BCUT2D eigenvalue weighted by Crippen LogP contribution is -2.44. The lowest BCUT2D eigenvalue weighted by molar-refractivity contribution is -0.144. The number of carbonyl (C=O) groups excluding carboxylic acids is 4. The lowest BCUT2D eigenvalue weighted by atomic mass is 9.95. The molecule has 2 fully saturated rings. The number of nitrogens with two attached hydrogens (primary N) is 1. The fourth-order valence-electron chi connectivity index (χ4n) is 4.30. The van der Waals surface area contributed by atoms with Crippen LogP contribution in [0.25, 0.3) is 0 Å². The highest BCUT2D eigenvalue weighted by molar-refractivity contribution is 5.95. The number of hydrogen-bond acceptors (Lipinski definition) is 6. The SMILES string of the molecule is CCOC(=O)CNC(=O)C1CCN(C(=O)c2ccc(N3CCCC(C(N)=O)C3)cc2)CC1. The molecule has 9 heteroatoms. The summed E-state index contributed by atoms with van der Waals surface area (Å²) in [6, 6.07) is 7.44. The van der Waals surface area contributed by atoms with Crippen LogP contribution >= 0.6 is 0 Å². The van der Waals surface area contributed by atoms with E-state index in [0.29, 0.717) is 38.0 Å². The first-order chi connectivity index (χ1) is 15.4. The Morgan fingerprint density at radius 1 is 1.03 bits per heavy atom. The first kappa shape index (κ1) is 23.6. The molecule has 3 amide bonds. The maximum Gasteiger partial charge on any atom is 0.325 e. The molecule has 1 atom stereocenters. The summed E-state index contributed by atoms with van der Waals surface area (Å²) in [6.07, 6.45) is 2.84. The number of rotatable bonds is 7. The molecule has 2 aliphatic rings. The molecule has 2 heterocycles. The third kappa shape index (κ3) is 5.99. The number of hydrogen-bond donors (Lipinski definition) is 2. The second-order valence-electron chi connectivity index (χ2n) is 8.32. The Morgan fingerprint density at radius 3 is 2.34 bits per heavy atom. The number of amides is 3. The molecule has 1 aromatic rings. The van der Waals surface area contributed by atoms with Crippen LogP contribution < -0.4 is 16.0 Å². The van der Waals surface area contributed by atoms with E-state index in [2.05, 4.69) is 10.2 Å². The topological polar surface area (TPSA) is 122 Å². The van der Waals surface area contributed by atoms with Crippen molar-refractivity contribution in [2.24, 2.45) is 17.6 Å². The Morgan fingerprint density at radius 2 is 1.72 bits per heavy atom. The molecule has 1 aromatic carbocycles. The number of esters is 1. The summed E-state index contributed by atoms with van der Waals surface area (Å²) in [5.74, 6) is -1.30. The molecular weight excluding hydrogens is 412 g/mol. The molecule has 174 valence electrons. The Hall–Kier alpha value is -3.10. The Balaban J connectivity index is 1.49. The molecule has 0 radical (unpaired) electrons. The van der Waals surface area contributed by atoms with Crippen molar-refractivity contribution in [3.63, 3.8) is 0 Å². The number of carbonyl (C=O) groups is 4. The molecule has 0 bridgehead atoms. The van der Waals surface area contributed by atoms with Crippen molar-refractivity contribution in [1.29, 1.82) is 0 Å². The lowest BCUT2D eigenvalue weighted by Gasteiger charge is -2.33. The Labute approximate surface area is 188 Å². The Kier molecular flexibility index (Phi) is 8.08.